The number of carbonyl (C=O) groups is 3. The summed E-state index contributed by atoms with van der Waals surface area (Å²) in [6.45, 7) is 0. The molecule has 0 aliphatic heterocycles. The Morgan fingerprint density at radius 2 is 1.88 bits per heavy atom. The van der Waals surface area contributed by atoms with Gasteiger partial charge >= 0.3 is 0 Å². The van der Waals surface area contributed by atoms with Gasteiger partial charge in [-0.05, 0) is 56.6 Å². The smallest absolute Gasteiger partial charge is 0.255 e. The number of carbonyl (C=O) groups excluding carboxylic acids is 3. The molecule has 4 atom stereocenters. The fourth-order valence-electron chi connectivity index (χ4n) is 6.56. The summed E-state index contributed by atoms with van der Waals surface area (Å²) in [7, 11) is 8.09. The first-order chi connectivity index (χ1) is 19.7. The van der Waals surface area contributed by atoms with Gasteiger partial charge in [0.15, 0.2) is 11.4 Å². The quantitative estimate of drug-likeness (QED) is 0.188. The van der Waals surface area contributed by atoms with Crippen LogP contribution in [0.1, 0.15) is 28.1 Å². The number of ketones is 2. The summed E-state index contributed by atoms with van der Waals surface area (Å²) in [4.78, 5) is 47.8. The van der Waals surface area contributed by atoms with Gasteiger partial charge in [-0.1, -0.05) is 5.16 Å². The summed E-state index contributed by atoms with van der Waals surface area (Å²) in [5.74, 6) is -6.51. The van der Waals surface area contributed by atoms with E-state index in [2.05, 4.69) is 9.99 Å². The molecule has 1 heterocycles. The van der Waals surface area contributed by atoms with Crippen LogP contribution in [0.3, 0.4) is 0 Å². The van der Waals surface area contributed by atoms with Gasteiger partial charge in [-0.25, -0.2) is 0 Å². The number of aromatic hydroxyl groups is 1. The second-order valence-corrected chi connectivity index (χ2v) is 11.1. The largest absolute Gasteiger partial charge is 0.510 e. The summed E-state index contributed by atoms with van der Waals surface area (Å²) in [5.41, 5.74) is 2.79. The van der Waals surface area contributed by atoms with Crippen molar-refractivity contribution < 1.29 is 44.1 Å². The van der Waals surface area contributed by atoms with Crippen molar-refractivity contribution >= 4 is 29.4 Å². The molecule has 1 aromatic heterocycles. The molecule has 2 aromatic rings. The van der Waals surface area contributed by atoms with Crippen LogP contribution in [0.4, 0.5) is 5.69 Å². The van der Waals surface area contributed by atoms with Crippen LogP contribution in [0.5, 0.6) is 5.75 Å². The number of nitrogens with two attached hydrogens (primary N) is 1. The zero-order chi connectivity index (χ0) is 30.8. The molecular weight excluding hydrogens is 548 g/mol. The zero-order valence-electron chi connectivity index (χ0n) is 23.7. The summed E-state index contributed by atoms with van der Waals surface area (Å²) >= 11 is 0. The van der Waals surface area contributed by atoms with E-state index >= 15 is 0 Å². The Balaban J connectivity index is 1.72. The molecule has 0 saturated carbocycles. The number of phenols is 1. The number of Topliss-reactive ketones (excluding diaryl/α,β-unsaturated/α-hetero) is 2. The first kappa shape index (κ1) is 28.9. The van der Waals surface area contributed by atoms with E-state index in [1.54, 1.807) is 51.3 Å². The molecule has 13 nitrogen and oxygen atoms in total. The summed E-state index contributed by atoms with van der Waals surface area (Å²) < 4.78 is 5.78. The van der Waals surface area contributed by atoms with Crippen molar-refractivity contribution in [3.63, 3.8) is 0 Å². The molecule has 1 amide bonds. The monoisotopic (exact) mass is 580 g/mol. The number of anilines is 1. The van der Waals surface area contributed by atoms with Crippen molar-refractivity contribution in [1.29, 1.82) is 0 Å². The van der Waals surface area contributed by atoms with Gasteiger partial charge in [0.2, 0.25) is 5.78 Å². The molecule has 0 saturated heterocycles. The van der Waals surface area contributed by atoms with E-state index in [-0.39, 0.29) is 35.3 Å². The molecule has 0 radical (unpaired) electrons. The van der Waals surface area contributed by atoms with E-state index in [0.29, 0.717) is 17.0 Å². The number of likely N-dealkylation sites (N-methyl/N-ethyl adjacent to an activating group) is 1. The Morgan fingerprint density at radius 3 is 2.48 bits per heavy atom. The minimum absolute atomic E-state index is 0.00151. The second-order valence-electron chi connectivity index (χ2n) is 11.1. The lowest BCUT2D eigenvalue weighted by Crippen LogP contribution is -2.63. The van der Waals surface area contributed by atoms with Crippen LogP contribution in [0, 0.1) is 11.8 Å². The van der Waals surface area contributed by atoms with Crippen LogP contribution < -0.4 is 10.6 Å². The van der Waals surface area contributed by atoms with E-state index < -0.39 is 63.8 Å². The number of aliphatic hydroxyl groups excluding tert-OH is 2. The predicted octanol–water partition coefficient (Wildman–Crippen LogP) is 1.43. The van der Waals surface area contributed by atoms with Gasteiger partial charge in [-0.3, -0.25) is 19.3 Å². The third-order valence-corrected chi connectivity index (χ3v) is 8.36. The minimum Gasteiger partial charge on any atom is -0.510 e. The Labute approximate surface area is 240 Å². The van der Waals surface area contributed by atoms with Gasteiger partial charge < -0.3 is 40.3 Å². The number of hydrogen-bond acceptors (Lipinski definition) is 12. The Bertz CT molecular complexity index is 1620. The highest BCUT2D eigenvalue weighted by Crippen LogP contribution is 2.54. The zero-order valence-corrected chi connectivity index (χ0v) is 23.7. The Hall–Kier alpha value is -4.62. The van der Waals surface area contributed by atoms with Crippen LogP contribution >= 0.6 is 0 Å². The lowest BCUT2D eigenvalue weighted by atomic mass is 9.58. The van der Waals surface area contributed by atoms with Gasteiger partial charge in [-0.15, -0.1) is 0 Å². The number of primary amides is 1. The maximum absolute atomic E-state index is 14.2. The van der Waals surface area contributed by atoms with Gasteiger partial charge in [0, 0.05) is 31.3 Å². The molecule has 3 aliphatic carbocycles. The van der Waals surface area contributed by atoms with E-state index in [4.69, 9.17) is 10.2 Å². The second kappa shape index (κ2) is 10.0. The highest BCUT2D eigenvalue weighted by molar-refractivity contribution is 6.25. The molecule has 222 valence electrons. The third-order valence-electron chi connectivity index (χ3n) is 8.36. The lowest BCUT2D eigenvalue weighted by Gasteiger charge is -2.50. The molecule has 42 heavy (non-hydrogen) atoms. The molecule has 5 rings (SSSR count). The molecule has 0 spiro atoms. The SMILES string of the molecule is CO/N=C/c1ccc(-c2cc(N(C)C)c3c(c2O)C(=O)C2=C(O)[C@]4(O)C(=O)C(C(N)=O)=C(O)[C@@H](N(C)C)[C@@H]4C[C@@H]2C3)o1. The van der Waals surface area contributed by atoms with Gasteiger partial charge in [0.05, 0.1) is 17.2 Å². The molecular formula is C29H32N4O9. The van der Waals surface area contributed by atoms with E-state index in [1.165, 1.54) is 18.2 Å². The number of furan rings is 1. The maximum Gasteiger partial charge on any atom is 0.255 e. The first-order valence-electron chi connectivity index (χ1n) is 13.1. The van der Waals surface area contributed by atoms with Crippen LogP contribution in [0.25, 0.3) is 11.3 Å². The fourth-order valence-corrected chi connectivity index (χ4v) is 6.56. The van der Waals surface area contributed by atoms with Crippen LogP contribution in [0.2, 0.25) is 0 Å². The fraction of sp³-hybridized carbons (Fsp3) is 0.379. The van der Waals surface area contributed by atoms with Gasteiger partial charge in [0.25, 0.3) is 5.91 Å². The van der Waals surface area contributed by atoms with Gasteiger partial charge in [0.1, 0.15) is 47.7 Å². The van der Waals surface area contributed by atoms with Gasteiger partial charge in [-0.2, -0.15) is 0 Å². The molecule has 1 aromatic carbocycles. The topological polar surface area (TPSA) is 199 Å². The van der Waals surface area contributed by atoms with Crippen molar-refractivity contribution in [2.24, 2.45) is 22.7 Å². The van der Waals surface area contributed by atoms with Crippen molar-refractivity contribution in [3.05, 3.63) is 57.8 Å². The Kier molecular flexibility index (Phi) is 6.90. The number of phenolic OH excluding ortho intramolecular Hbond substituents is 1. The molecule has 0 bridgehead atoms. The normalized spacial score (nSPS) is 25.5. The summed E-state index contributed by atoms with van der Waals surface area (Å²) in [6.07, 6.45) is 1.50. The van der Waals surface area contributed by atoms with Crippen molar-refractivity contribution in [2.75, 3.05) is 40.2 Å². The Morgan fingerprint density at radius 1 is 1.19 bits per heavy atom. The number of amides is 1. The van der Waals surface area contributed by atoms with Crippen molar-refractivity contribution in [3.8, 4) is 17.1 Å². The third kappa shape index (κ3) is 3.99. The highest BCUT2D eigenvalue weighted by Gasteiger charge is 2.63. The molecule has 0 fully saturated rings. The number of hydrogen-bond donors (Lipinski definition) is 5. The lowest BCUT2D eigenvalue weighted by molar-refractivity contribution is -0.148. The first-order valence-corrected chi connectivity index (χ1v) is 13.1. The molecule has 6 N–H and O–H groups in total. The van der Waals surface area contributed by atoms with E-state index in [0.717, 1.165) is 0 Å². The average molecular weight is 581 g/mol. The standard InChI is InChI=1S/C29H32N4O9/c1-32(2)17-10-15(18-7-6-13(42-18)11-31-41-5)23(34)20-14(17)8-12-9-16-22(33(3)4)25(36)21(28(30)39)27(38)29(16,40)26(37)19(12)24(20)35/h6-7,10-12,16,22,34,36-37,40H,8-9H2,1-5H3,(H2,30,39)/b31-11+/t12-,16-,22-,29-/m0/s1. The maximum atomic E-state index is 14.2. The summed E-state index contributed by atoms with van der Waals surface area (Å²) in [5, 5.41) is 49.3. The minimum atomic E-state index is -2.71. The highest BCUT2D eigenvalue weighted by atomic mass is 16.6. The van der Waals surface area contributed by atoms with Crippen molar-refractivity contribution in [1.82, 2.24) is 4.90 Å². The molecule has 3 aliphatic rings. The van der Waals surface area contributed by atoms with E-state index in [1.807, 2.05) is 0 Å². The number of aliphatic hydroxyl groups is 3. The number of oxime groups is 1. The predicted molar refractivity (Wildman–Crippen MR) is 150 cm³/mol. The van der Waals surface area contributed by atoms with E-state index in [9.17, 15) is 34.8 Å². The van der Waals surface area contributed by atoms with Crippen molar-refractivity contribution in [2.45, 2.75) is 24.5 Å². The number of fused-ring (bicyclic) bond motifs is 3. The summed E-state index contributed by atoms with van der Waals surface area (Å²) in [6, 6.07) is 3.81. The number of rotatable bonds is 6. The average Bonchev–Trinajstić information content (AvgIpc) is 3.37. The molecule has 13 heteroatoms. The number of allylic oxidation sites excluding steroid dienone is 1. The van der Waals surface area contributed by atoms with Crippen LogP contribution in [0.15, 0.2) is 50.4 Å². The van der Waals surface area contributed by atoms with Crippen LogP contribution in [-0.4, -0.2) is 96.0 Å². The number of nitrogens with zero attached hydrogens (tertiary/aromatic N) is 3. The number of benzene rings is 1. The van der Waals surface area contributed by atoms with Crippen LogP contribution in [-0.2, 0) is 20.8 Å². The molecule has 0 unspecified atom stereocenters.